The zero-order valence-electron chi connectivity index (χ0n) is 9.95. The molecular formula is C14H10BrN3O. The standard InChI is InChI=1S/C14H10BrN3O/c15-12-4-3-11-8-17-18(14(19)13(11)6-12)9-10-2-1-5-16-7-10/h1-8H,9H2. The van der Waals surface area contributed by atoms with Crippen LogP contribution in [-0.4, -0.2) is 14.8 Å². The summed E-state index contributed by atoms with van der Waals surface area (Å²) in [7, 11) is 0. The molecule has 5 heteroatoms. The molecule has 3 rings (SSSR count). The lowest BCUT2D eigenvalue weighted by molar-refractivity contribution is 0.646. The first-order valence-electron chi connectivity index (χ1n) is 5.78. The average Bonchev–Trinajstić information content (AvgIpc) is 2.44. The maximum absolute atomic E-state index is 12.3. The summed E-state index contributed by atoms with van der Waals surface area (Å²) in [4.78, 5) is 16.4. The van der Waals surface area contributed by atoms with Gasteiger partial charge in [-0.3, -0.25) is 9.78 Å². The summed E-state index contributed by atoms with van der Waals surface area (Å²) in [5.74, 6) is 0. The van der Waals surface area contributed by atoms with Gasteiger partial charge in [0.05, 0.1) is 18.1 Å². The summed E-state index contributed by atoms with van der Waals surface area (Å²) in [5.41, 5.74) is 0.856. The van der Waals surface area contributed by atoms with Crippen LogP contribution in [0.25, 0.3) is 10.8 Å². The first-order valence-corrected chi connectivity index (χ1v) is 6.57. The second-order valence-electron chi connectivity index (χ2n) is 4.20. The molecule has 0 atom stereocenters. The molecule has 0 amide bonds. The molecule has 94 valence electrons. The molecule has 0 aliphatic carbocycles. The van der Waals surface area contributed by atoms with E-state index in [1.807, 2.05) is 30.3 Å². The third kappa shape index (κ3) is 2.42. The molecule has 0 fully saturated rings. The molecule has 0 N–H and O–H groups in total. The molecule has 0 aliphatic rings. The minimum atomic E-state index is -0.0948. The highest BCUT2D eigenvalue weighted by Crippen LogP contribution is 2.15. The first-order chi connectivity index (χ1) is 9.24. The van der Waals surface area contributed by atoms with Crippen LogP contribution in [0.5, 0.6) is 0 Å². The van der Waals surface area contributed by atoms with Crippen LogP contribution in [0.4, 0.5) is 0 Å². The van der Waals surface area contributed by atoms with Crippen molar-refractivity contribution in [3.8, 4) is 0 Å². The number of pyridine rings is 1. The molecular weight excluding hydrogens is 306 g/mol. The van der Waals surface area contributed by atoms with Gasteiger partial charge in [-0.15, -0.1) is 0 Å². The Morgan fingerprint density at radius 3 is 2.89 bits per heavy atom. The Morgan fingerprint density at radius 1 is 1.21 bits per heavy atom. The molecule has 0 bridgehead atoms. The van der Waals surface area contributed by atoms with Gasteiger partial charge in [0, 0.05) is 22.3 Å². The van der Waals surface area contributed by atoms with Crippen molar-refractivity contribution < 1.29 is 0 Å². The van der Waals surface area contributed by atoms with Crippen LogP contribution in [0.3, 0.4) is 0 Å². The molecule has 4 nitrogen and oxygen atoms in total. The van der Waals surface area contributed by atoms with Gasteiger partial charge in [0.2, 0.25) is 0 Å². The fourth-order valence-corrected chi connectivity index (χ4v) is 2.29. The van der Waals surface area contributed by atoms with E-state index in [9.17, 15) is 4.79 Å². The minimum absolute atomic E-state index is 0.0948. The average molecular weight is 316 g/mol. The van der Waals surface area contributed by atoms with Gasteiger partial charge in [-0.2, -0.15) is 5.10 Å². The SMILES string of the molecule is O=c1c2cc(Br)ccc2cnn1Cc1cccnc1. The summed E-state index contributed by atoms with van der Waals surface area (Å²) in [6.45, 7) is 0.426. The Labute approximate surface area is 117 Å². The number of nitrogens with zero attached hydrogens (tertiary/aromatic N) is 3. The molecule has 0 saturated heterocycles. The van der Waals surface area contributed by atoms with Crippen molar-refractivity contribution in [1.29, 1.82) is 0 Å². The molecule has 0 aliphatic heterocycles. The van der Waals surface area contributed by atoms with Gasteiger partial charge in [-0.05, 0) is 23.8 Å². The highest BCUT2D eigenvalue weighted by atomic mass is 79.9. The van der Waals surface area contributed by atoms with Gasteiger partial charge in [0.15, 0.2) is 0 Å². The Balaban J connectivity index is 2.10. The maximum Gasteiger partial charge on any atom is 0.274 e. The molecule has 0 spiro atoms. The van der Waals surface area contributed by atoms with E-state index in [2.05, 4.69) is 26.0 Å². The largest absolute Gasteiger partial charge is 0.274 e. The van der Waals surface area contributed by atoms with Crippen LogP contribution in [0.2, 0.25) is 0 Å². The van der Waals surface area contributed by atoms with Crippen molar-refractivity contribution in [1.82, 2.24) is 14.8 Å². The minimum Gasteiger partial charge on any atom is -0.267 e. The normalized spacial score (nSPS) is 10.8. The summed E-state index contributed by atoms with van der Waals surface area (Å²) in [5, 5.41) is 5.70. The highest BCUT2D eigenvalue weighted by molar-refractivity contribution is 9.10. The van der Waals surface area contributed by atoms with E-state index in [-0.39, 0.29) is 5.56 Å². The van der Waals surface area contributed by atoms with Crippen LogP contribution < -0.4 is 5.56 Å². The Hall–Kier alpha value is -2.01. The summed E-state index contributed by atoms with van der Waals surface area (Å²) in [6, 6.07) is 9.36. The lowest BCUT2D eigenvalue weighted by Crippen LogP contribution is -2.23. The smallest absolute Gasteiger partial charge is 0.267 e. The van der Waals surface area contributed by atoms with E-state index in [1.165, 1.54) is 4.68 Å². The summed E-state index contributed by atoms with van der Waals surface area (Å²) in [6.07, 6.45) is 5.15. The molecule has 3 aromatic rings. The van der Waals surface area contributed by atoms with Crippen molar-refractivity contribution in [2.45, 2.75) is 6.54 Å². The Kier molecular flexibility index (Phi) is 3.13. The number of benzene rings is 1. The second kappa shape index (κ2) is 4.93. The summed E-state index contributed by atoms with van der Waals surface area (Å²) < 4.78 is 2.34. The number of halogens is 1. The number of rotatable bonds is 2. The topological polar surface area (TPSA) is 47.8 Å². The van der Waals surface area contributed by atoms with Crippen molar-refractivity contribution in [2.24, 2.45) is 0 Å². The maximum atomic E-state index is 12.3. The number of fused-ring (bicyclic) bond motifs is 1. The summed E-state index contributed by atoms with van der Waals surface area (Å²) >= 11 is 3.38. The Morgan fingerprint density at radius 2 is 2.11 bits per heavy atom. The molecule has 2 heterocycles. The van der Waals surface area contributed by atoms with Gasteiger partial charge in [0.1, 0.15) is 0 Å². The fraction of sp³-hybridized carbons (Fsp3) is 0.0714. The zero-order chi connectivity index (χ0) is 13.2. The van der Waals surface area contributed by atoms with Crippen molar-refractivity contribution in [3.63, 3.8) is 0 Å². The highest BCUT2D eigenvalue weighted by Gasteiger charge is 2.05. The Bertz CT molecular complexity index is 784. The van der Waals surface area contributed by atoms with Crippen LogP contribution in [0, 0.1) is 0 Å². The van der Waals surface area contributed by atoms with Crippen LogP contribution >= 0.6 is 15.9 Å². The molecule has 0 unspecified atom stereocenters. The quantitative estimate of drug-likeness (QED) is 0.730. The van der Waals surface area contributed by atoms with E-state index < -0.39 is 0 Å². The predicted molar refractivity (Wildman–Crippen MR) is 77.0 cm³/mol. The third-order valence-electron chi connectivity index (χ3n) is 2.87. The molecule has 0 radical (unpaired) electrons. The zero-order valence-corrected chi connectivity index (χ0v) is 11.5. The van der Waals surface area contributed by atoms with E-state index in [0.717, 1.165) is 15.4 Å². The molecule has 19 heavy (non-hydrogen) atoms. The molecule has 1 aromatic carbocycles. The van der Waals surface area contributed by atoms with Gasteiger partial charge in [-0.1, -0.05) is 28.1 Å². The number of hydrogen-bond donors (Lipinski definition) is 0. The van der Waals surface area contributed by atoms with Gasteiger partial charge in [-0.25, -0.2) is 4.68 Å². The van der Waals surface area contributed by atoms with E-state index in [0.29, 0.717) is 11.9 Å². The van der Waals surface area contributed by atoms with Crippen molar-refractivity contribution in [2.75, 3.05) is 0 Å². The van der Waals surface area contributed by atoms with Gasteiger partial charge in [0.25, 0.3) is 5.56 Å². The van der Waals surface area contributed by atoms with Crippen LogP contribution in [-0.2, 0) is 6.54 Å². The fourth-order valence-electron chi connectivity index (χ4n) is 1.93. The van der Waals surface area contributed by atoms with E-state index in [1.54, 1.807) is 18.6 Å². The van der Waals surface area contributed by atoms with E-state index >= 15 is 0 Å². The van der Waals surface area contributed by atoms with E-state index in [4.69, 9.17) is 0 Å². The lowest BCUT2D eigenvalue weighted by Gasteiger charge is -2.06. The third-order valence-corrected chi connectivity index (χ3v) is 3.36. The number of aromatic nitrogens is 3. The van der Waals surface area contributed by atoms with Crippen LogP contribution in [0.15, 0.2) is 58.2 Å². The molecule has 2 aromatic heterocycles. The van der Waals surface area contributed by atoms with Crippen molar-refractivity contribution in [3.05, 3.63) is 69.3 Å². The van der Waals surface area contributed by atoms with Gasteiger partial charge >= 0.3 is 0 Å². The molecule has 0 saturated carbocycles. The second-order valence-corrected chi connectivity index (χ2v) is 5.12. The first kappa shape index (κ1) is 12.0. The van der Waals surface area contributed by atoms with Crippen molar-refractivity contribution >= 4 is 26.7 Å². The number of hydrogen-bond acceptors (Lipinski definition) is 3. The lowest BCUT2D eigenvalue weighted by atomic mass is 10.2. The monoisotopic (exact) mass is 315 g/mol. The predicted octanol–water partition coefficient (Wildman–Crippen LogP) is 2.60. The van der Waals surface area contributed by atoms with Crippen LogP contribution in [0.1, 0.15) is 5.56 Å². The van der Waals surface area contributed by atoms with Gasteiger partial charge < -0.3 is 0 Å².